The van der Waals surface area contributed by atoms with Gasteiger partial charge in [-0.05, 0) is 53.2 Å². The van der Waals surface area contributed by atoms with Crippen LogP contribution in [0.1, 0.15) is 5.56 Å². The number of nitrogens with one attached hydrogen (secondary N) is 2. The number of anilines is 2. The van der Waals surface area contributed by atoms with E-state index in [1.807, 2.05) is 37.3 Å². The number of carbonyl (C=O) groups is 1. The normalized spacial score (nSPS) is 10.3. The van der Waals surface area contributed by atoms with Gasteiger partial charge >= 0.3 is 0 Å². The third-order valence-corrected chi connectivity index (χ3v) is 3.46. The van der Waals surface area contributed by atoms with Gasteiger partial charge in [0.15, 0.2) is 6.61 Å². The molecule has 0 unspecified atom stereocenters. The number of aromatic nitrogens is 4. The fourth-order valence-corrected chi connectivity index (χ4v) is 2.29. The summed E-state index contributed by atoms with van der Waals surface area (Å²) in [5, 5.41) is 14.7. The van der Waals surface area contributed by atoms with E-state index in [1.54, 1.807) is 18.2 Å². The molecule has 0 saturated heterocycles. The average molecular weight is 359 g/mol. The van der Waals surface area contributed by atoms with Gasteiger partial charge in [0.2, 0.25) is 0 Å². The van der Waals surface area contributed by atoms with Crippen molar-refractivity contribution < 1.29 is 9.53 Å². The molecule has 0 atom stereocenters. The zero-order valence-corrected chi connectivity index (χ0v) is 14.1. The van der Waals surface area contributed by atoms with Crippen molar-refractivity contribution >= 4 is 29.1 Å². The third kappa shape index (κ3) is 4.45. The van der Waals surface area contributed by atoms with Gasteiger partial charge in [-0.1, -0.05) is 34.9 Å². The van der Waals surface area contributed by atoms with E-state index in [2.05, 4.69) is 26.3 Å². The van der Waals surface area contributed by atoms with Gasteiger partial charge in [-0.3, -0.25) is 4.79 Å². The highest BCUT2D eigenvalue weighted by atomic mass is 35.5. The number of nitrogens with zero attached hydrogens (tertiary/aromatic N) is 4. The van der Waals surface area contributed by atoms with Crippen LogP contribution in [0.3, 0.4) is 0 Å². The molecule has 9 heteroatoms. The molecule has 2 N–H and O–H groups in total. The Hall–Kier alpha value is -3.13. The lowest BCUT2D eigenvalue weighted by Gasteiger charge is -2.10. The predicted molar refractivity (Wildman–Crippen MR) is 93.6 cm³/mol. The monoisotopic (exact) mass is 358 g/mol. The maximum Gasteiger partial charge on any atom is 0.278 e. The fourth-order valence-electron chi connectivity index (χ4n) is 2.06. The minimum absolute atomic E-state index is 0.187. The van der Waals surface area contributed by atoms with Crippen molar-refractivity contribution in [2.24, 2.45) is 0 Å². The van der Waals surface area contributed by atoms with Gasteiger partial charge in [-0.2, -0.15) is 0 Å². The van der Waals surface area contributed by atoms with Gasteiger partial charge in [-0.25, -0.2) is 5.43 Å². The number of rotatable bonds is 6. The lowest BCUT2D eigenvalue weighted by atomic mass is 10.2. The number of carbonyl (C=O) groups excluding carboxylic acids is 1. The van der Waals surface area contributed by atoms with Crippen LogP contribution in [-0.4, -0.2) is 32.8 Å². The van der Waals surface area contributed by atoms with Gasteiger partial charge in [0.1, 0.15) is 5.75 Å². The molecule has 3 rings (SSSR count). The Morgan fingerprint density at radius 2 is 2.04 bits per heavy atom. The molecule has 3 aromatic rings. The molecule has 128 valence electrons. The molecule has 0 fully saturated rings. The molecule has 0 aliphatic carbocycles. The van der Waals surface area contributed by atoms with Crippen LogP contribution in [0.2, 0.25) is 5.02 Å². The summed E-state index contributed by atoms with van der Waals surface area (Å²) in [6, 6.07) is 14.5. The number of aryl methyl sites for hydroxylation is 1. The quantitative estimate of drug-likeness (QED) is 0.703. The lowest BCUT2D eigenvalue weighted by Crippen LogP contribution is -2.29. The van der Waals surface area contributed by atoms with Gasteiger partial charge in [0.25, 0.3) is 11.9 Å². The van der Waals surface area contributed by atoms with E-state index in [4.69, 9.17) is 16.3 Å². The van der Waals surface area contributed by atoms with Crippen LogP contribution in [0.15, 0.2) is 48.5 Å². The summed E-state index contributed by atoms with van der Waals surface area (Å²) in [4.78, 5) is 13.2. The van der Waals surface area contributed by atoms with Crippen molar-refractivity contribution in [2.75, 3.05) is 17.3 Å². The topological polar surface area (TPSA) is 94.0 Å². The van der Waals surface area contributed by atoms with E-state index in [9.17, 15) is 4.79 Å². The SMILES string of the molecule is Cc1cc(Cl)ccc1OCC(=O)Nn1nnnc1Nc1ccccc1. The Morgan fingerprint density at radius 3 is 2.80 bits per heavy atom. The van der Waals surface area contributed by atoms with Crippen LogP contribution in [-0.2, 0) is 4.79 Å². The van der Waals surface area contributed by atoms with E-state index in [0.29, 0.717) is 10.8 Å². The van der Waals surface area contributed by atoms with Gasteiger partial charge in [0.05, 0.1) is 0 Å². The summed E-state index contributed by atoms with van der Waals surface area (Å²) < 4.78 is 5.49. The Balaban J connectivity index is 1.59. The number of tetrazole rings is 1. The van der Waals surface area contributed by atoms with E-state index in [-0.39, 0.29) is 12.6 Å². The molecule has 0 spiro atoms. The number of hydrogen-bond acceptors (Lipinski definition) is 6. The Bertz CT molecular complexity index is 868. The zero-order chi connectivity index (χ0) is 17.6. The van der Waals surface area contributed by atoms with Gasteiger partial charge in [0, 0.05) is 10.7 Å². The molecule has 0 saturated carbocycles. The summed E-state index contributed by atoms with van der Waals surface area (Å²) in [6.07, 6.45) is 0. The number of halogens is 1. The fraction of sp³-hybridized carbons (Fsp3) is 0.125. The molecule has 0 radical (unpaired) electrons. The molecule has 1 aromatic heterocycles. The molecular weight excluding hydrogens is 344 g/mol. The van der Waals surface area contributed by atoms with Crippen molar-refractivity contribution in [1.82, 2.24) is 20.3 Å². The van der Waals surface area contributed by atoms with E-state index >= 15 is 0 Å². The second-order valence-electron chi connectivity index (χ2n) is 5.14. The van der Waals surface area contributed by atoms with Crippen molar-refractivity contribution in [2.45, 2.75) is 6.92 Å². The average Bonchev–Trinajstić information content (AvgIpc) is 3.02. The van der Waals surface area contributed by atoms with E-state index in [0.717, 1.165) is 16.0 Å². The van der Waals surface area contributed by atoms with Crippen LogP contribution >= 0.6 is 11.6 Å². The number of hydrogen-bond donors (Lipinski definition) is 2. The van der Waals surface area contributed by atoms with Crippen molar-refractivity contribution in [1.29, 1.82) is 0 Å². The van der Waals surface area contributed by atoms with Crippen molar-refractivity contribution in [3.8, 4) is 5.75 Å². The van der Waals surface area contributed by atoms with Crippen LogP contribution in [0.5, 0.6) is 5.75 Å². The van der Waals surface area contributed by atoms with Crippen LogP contribution < -0.4 is 15.5 Å². The summed E-state index contributed by atoms with van der Waals surface area (Å²) in [6.45, 7) is 1.66. The first kappa shape index (κ1) is 16.7. The molecule has 25 heavy (non-hydrogen) atoms. The molecule has 0 bridgehead atoms. The first-order chi connectivity index (χ1) is 12.1. The van der Waals surface area contributed by atoms with E-state index in [1.165, 1.54) is 0 Å². The van der Waals surface area contributed by atoms with Gasteiger partial charge < -0.3 is 10.1 Å². The number of ether oxygens (including phenoxy) is 1. The van der Waals surface area contributed by atoms with Crippen molar-refractivity contribution in [3.63, 3.8) is 0 Å². The summed E-state index contributed by atoms with van der Waals surface area (Å²) in [5.41, 5.74) is 4.17. The standard InChI is InChI=1S/C16H15ClN6O2/c1-11-9-12(17)7-8-14(11)25-10-15(24)20-23-16(19-21-22-23)18-13-5-3-2-4-6-13/h2-9H,10H2,1H3,(H,20,24)(H,18,19,22). The summed E-state index contributed by atoms with van der Waals surface area (Å²) >= 11 is 5.89. The zero-order valence-electron chi connectivity index (χ0n) is 13.3. The smallest absolute Gasteiger partial charge is 0.278 e. The first-order valence-electron chi connectivity index (χ1n) is 7.41. The predicted octanol–water partition coefficient (Wildman–Crippen LogP) is 2.53. The first-order valence-corrected chi connectivity index (χ1v) is 7.79. The Kier molecular flexibility index (Phi) is 5.10. The highest BCUT2D eigenvalue weighted by Gasteiger charge is 2.11. The third-order valence-electron chi connectivity index (χ3n) is 3.23. The second kappa shape index (κ2) is 7.63. The van der Waals surface area contributed by atoms with Crippen LogP contribution in [0.25, 0.3) is 0 Å². The molecular formula is C16H15ClN6O2. The van der Waals surface area contributed by atoms with E-state index < -0.39 is 5.91 Å². The summed E-state index contributed by atoms with van der Waals surface area (Å²) in [7, 11) is 0. The van der Waals surface area contributed by atoms with Crippen LogP contribution in [0.4, 0.5) is 11.6 Å². The maximum atomic E-state index is 12.1. The number of amides is 1. The Morgan fingerprint density at radius 1 is 1.24 bits per heavy atom. The molecule has 0 aliphatic heterocycles. The highest BCUT2D eigenvalue weighted by molar-refractivity contribution is 6.30. The molecule has 1 heterocycles. The summed E-state index contributed by atoms with van der Waals surface area (Å²) in [5.74, 6) is 0.457. The lowest BCUT2D eigenvalue weighted by molar-refractivity contribution is -0.119. The molecule has 0 aliphatic rings. The van der Waals surface area contributed by atoms with Crippen LogP contribution in [0, 0.1) is 6.92 Å². The number of benzene rings is 2. The Labute approximate surface area is 148 Å². The minimum Gasteiger partial charge on any atom is -0.483 e. The second-order valence-corrected chi connectivity index (χ2v) is 5.58. The molecule has 2 aromatic carbocycles. The number of para-hydroxylation sites is 1. The minimum atomic E-state index is -0.405. The van der Waals surface area contributed by atoms with Gasteiger partial charge in [-0.15, -0.1) is 4.79 Å². The largest absolute Gasteiger partial charge is 0.483 e. The molecule has 8 nitrogen and oxygen atoms in total. The van der Waals surface area contributed by atoms with Crippen molar-refractivity contribution in [3.05, 3.63) is 59.1 Å². The molecule has 1 amide bonds. The maximum absolute atomic E-state index is 12.1. The highest BCUT2D eigenvalue weighted by Crippen LogP contribution is 2.21.